The van der Waals surface area contributed by atoms with E-state index in [4.69, 9.17) is 4.74 Å². The fourth-order valence-electron chi connectivity index (χ4n) is 3.54. The van der Waals surface area contributed by atoms with E-state index < -0.39 is 11.2 Å². The van der Waals surface area contributed by atoms with Crippen LogP contribution in [0.15, 0.2) is 36.0 Å². The van der Waals surface area contributed by atoms with Gasteiger partial charge in [0.15, 0.2) is 0 Å². The van der Waals surface area contributed by atoms with E-state index in [2.05, 4.69) is 6.58 Å². The SMILES string of the molecule is C=C1CCCC(C)(O)CCC2C(=CC=CC(C)(C)O)C(=O)OCC12. The molecule has 134 valence electrons. The van der Waals surface area contributed by atoms with Gasteiger partial charge in [0.05, 0.1) is 17.8 Å². The lowest BCUT2D eigenvalue weighted by Gasteiger charge is -2.34. The van der Waals surface area contributed by atoms with E-state index in [-0.39, 0.29) is 17.8 Å². The Morgan fingerprint density at radius 1 is 1.33 bits per heavy atom. The zero-order valence-electron chi connectivity index (χ0n) is 15.0. The van der Waals surface area contributed by atoms with Gasteiger partial charge >= 0.3 is 5.97 Å². The van der Waals surface area contributed by atoms with E-state index in [0.717, 1.165) is 31.3 Å². The summed E-state index contributed by atoms with van der Waals surface area (Å²) < 4.78 is 5.38. The van der Waals surface area contributed by atoms with Crippen LogP contribution in [-0.4, -0.2) is 34.0 Å². The first-order valence-electron chi connectivity index (χ1n) is 8.78. The number of carbonyl (C=O) groups excluding carboxylic acids is 1. The summed E-state index contributed by atoms with van der Waals surface area (Å²) in [7, 11) is 0. The molecule has 2 aliphatic rings. The molecule has 4 nitrogen and oxygen atoms in total. The smallest absolute Gasteiger partial charge is 0.334 e. The summed E-state index contributed by atoms with van der Waals surface area (Å²) in [5.74, 6) is -0.184. The molecule has 2 fully saturated rings. The number of hydrogen-bond donors (Lipinski definition) is 2. The predicted octanol–water partition coefficient (Wildman–Crippen LogP) is 3.30. The van der Waals surface area contributed by atoms with Crippen molar-refractivity contribution in [1.29, 1.82) is 0 Å². The number of aliphatic hydroxyl groups is 2. The van der Waals surface area contributed by atoms with Gasteiger partial charge in [-0.15, -0.1) is 0 Å². The molecule has 4 heteroatoms. The minimum atomic E-state index is -0.930. The van der Waals surface area contributed by atoms with Gasteiger partial charge in [0.1, 0.15) is 0 Å². The molecule has 3 unspecified atom stereocenters. The molecular formula is C20H30O4. The minimum Gasteiger partial charge on any atom is -0.462 e. The second-order valence-electron chi connectivity index (χ2n) is 7.99. The van der Waals surface area contributed by atoms with Gasteiger partial charge in [-0.1, -0.05) is 30.4 Å². The van der Waals surface area contributed by atoms with Crippen molar-refractivity contribution in [3.63, 3.8) is 0 Å². The number of rotatable bonds is 2. The van der Waals surface area contributed by atoms with Crippen LogP contribution in [0.2, 0.25) is 0 Å². The van der Waals surface area contributed by atoms with Crippen molar-refractivity contribution >= 4 is 5.97 Å². The highest BCUT2D eigenvalue weighted by molar-refractivity contribution is 5.90. The van der Waals surface area contributed by atoms with Gasteiger partial charge in [-0.05, 0) is 52.9 Å². The number of cyclic esters (lactones) is 1. The van der Waals surface area contributed by atoms with Gasteiger partial charge in [0.25, 0.3) is 0 Å². The first-order chi connectivity index (χ1) is 11.1. The van der Waals surface area contributed by atoms with Crippen LogP contribution in [0.5, 0.6) is 0 Å². The predicted molar refractivity (Wildman–Crippen MR) is 94.3 cm³/mol. The number of allylic oxidation sites excluding steroid dienone is 2. The molecule has 1 saturated carbocycles. The molecule has 2 rings (SSSR count). The Balaban J connectivity index is 2.31. The van der Waals surface area contributed by atoms with Crippen LogP contribution < -0.4 is 0 Å². The molecule has 0 aromatic rings. The van der Waals surface area contributed by atoms with E-state index in [1.54, 1.807) is 32.1 Å². The molecule has 1 aliphatic carbocycles. The fraction of sp³-hybridized carbons (Fsp3) is 0.650. The standard InChI is InChI=1S/C20H30O4/c1-14-7-5-11-20(4,23)12-9-15-16(8-6-10-19(2,3)22)18(21)24-13-17(14)15/h6,8,10,15,17,22-23H,1,5,7,9,11-13H2,2-4H3. The molecule has 0 aromatic carbocycles. The first-order valence-corrected chi connectivity index (χ1v) is 8.78. The largest absolute Gasteiger partial charge is 0.462 e. The van der Waals surface area contributed by atoms with Crippen LogP contribution >= 0.6 is 0 Å². The molecule has 1 saturated heterocycles. The zero-order valence-corrected chi connectivity index (χ0v) is 15.0. The van der Waals surface area contributed by atoms with Crippen LogP contribution in [0.4, 0.5) is 0 Å². The molecule has 0 spiro atoms. The van der Waals surface area contributed by atoms with E-state index in [1.165, 1.54) is 0 Å². The van der Waals surface area contributed by atoms with E-state index in [1.807, 2.05) is 6.92 Å². The third-order valence-corrected chi connectivity index (χ3v) is 5.03. The topological polar surface area (TPSA) is 66.8 Å². The normalized spacial score (nSPS) is 34.5. The van der Waals surface area contributed by atoms with Crippen molar-refractivity contribution in [3.8, 4) is 0 Å². The Kier molecular flexibility index (Phi) is 5.71. The average Bonchev–Trinajstić information content (AvgIpc) is 2.50. The van der Waals surface area contributed by atoms with Crippen LogP contribution in [0.25, 0.3) is 0 Å². The Bertz CT molecular complexity index is 548. The lowest BCUT2D eigenvalue weighted by Crippen LogP contribution is -2.35. The highest BCUT2D eigenvalue weighted by Crippen LogP contribution is 2.40. The van der Waals surface area contributed by atoms with Gasteiger partial charge in [-0.3, -0.25) is 0 Å². The van der Waals surface area contributed by atoms with Crippen LogP contribution in [0.1, 0.15) is 52.9 Å². The van der Waals surface area contributed by atoms with E-state index in [0.29, 0.717) is 18.6 Å². The number of fused-ring (bicyclic) bond motifs is 1. The summed E-state index contributed by atoms with van der Waals surface area (Å²) in [6.07, 6.45) is 9.00. The summed E-state index contributed by atoms with van der Waals surface area (Å²) in [4.78, 5) is 12.3. The van der Waals surface area contributed by atoms with Crippen molar-refractivity contribution in [2.24, 2.45) is 11.8 Å². The lowest BCUT2D eigenvalue weighted by atomic mass is 9.76. The monoisotopic (exact) mass is 334 g/mol. The summed E-state index contributed by atoms with van der Waals surface area (Å²) >= 11 is 0. The van der Waals surface area contributed by atoms with Crippen molar-refractivity contribution < 1.29 is 19.7 Å². The zero-order chi connectivity index (χ0) is 18.0. The Hall–Kier alpha value is -1.39. The van der Waals surface area contributed by atoms with Crippen molar-refractivity contribution in [2.45, 2.75) is 64.1 Å². The van der Waals surface area contributed by atoms with E-state index in [9.17, 15) is 15.0 Å². The molecule has 24 heavy (non-hydrogen) atoms. The van der Waals surface area contributed by atoms with Crippen LogP contribution in [0.3, 0.4) is 0 Å². The van der Waals surface area contributed by atoms with E-state index >= 15 is 0 Å². The van der Waals surface area contributed by atoms with Crippen molar-refractivity contribution in [3.05, 3.63) is 36.0 Å². The van der Waals surface area contributed by atoms with Gasteiger partial charge in [0, 0.05) is 17.4 Å². The Morgan fingerprint density at radius 3 is 2.71 bits per heavy atom. The highest BCUT2D eigenvalue weighted by atomic mass is 16.5. The summed E-state index contributed by atoms with van der Waals surface area (Å²) in [6.45, 7) is 9.82. The van der Waals surface area contributed by atoms with Gasteiger partial charge in [0.2, 0.25) is 0 Å². The summed E-state index contributed by atoms with van der Waals surface area (Å²) in [5.41, 5.74) is 0.0822. The summed E-state index contributed by atoms with van der Waals surface area (Å²) in [5, 5.41) is 20.3. The molecule has 3 atom stereocenters. The van der Waals surface area contributed by atoms with Gasteiger partial charge in [-0.25, -0.2) is 4.79 Å². The Labute approximate surface area is 144 Å². The molecule has 0 bridgehead atoms. The molecule has 0 aromatic heterocycles. The second kappa shape index (κ2) is 7.24. The third-order valence-electron chi connectivity index (χ3n) is 5.03. The third kappa shape index (κ3) is 5.05. The van der Waals surface area contributed by atoms with Crippen LogP contribution in [0, 0.1) is 11.8 Å². The second-order valence-corrected chi connectivity index (χ2v) is 7.99. The maximum absolute atomic E-state index is 12.3. The molecule has 1 heterocycles. The molecule has 1 aliphatic heterocycles. The number of carbonyl (C=O) groups is 1. The number of ether oxygens (including phenoxy) is 1. The highest BCUT2D eigenvalue weighted by Gasteiger charge is 2.38. The molecule has 0 radical (unpaired) electrons. The fourth-order valence-corrected chi connectivity index (χ4v) is 3.54. The summed E-state index contributed by atoms with van der Waals surface area (Å²) in [6, 6.07) is 0. The quantitative estimate of drug-likeness (QED) is 0.462. The lowest BCUT2D eigenvalue weighted by molar-refractivity contribution is -0.145. The molecular weight excluding hydrogens is 304 g/mol. The molecule has 2 N–H and O–H groups in total. The minimum absolute atomic E-state index is 0.00906. The van der Waals surface area contributed by atoms with Gasteiger partial charge < -0.3 is 14.9 Å². The average molecular weight is 334 g/mol. The van der Waals surface area contributed by atoms with Crippen molar-refractivity contribution in [1.82, 2.24) is 0 Å². The first kappa shape index (κ1) is 18.9. The molecule has 0 amide bonds. The Morgan fingerprint density at radius 2 is 2.04 bits per heavy atom. The van der Waals surface area contributed by atoms with Crippen LogP contribution in [-0.2, 0) is 9.53 Å². The number of esters is 1. The van der Waals surface area contributed by atoms with Gasteiger partial charge in [-0.2, -0.15) is 0 Å². The van der Waals surface area contributed by atoms with Crippen molar-refractivity contribution in [2.75, 3.05) is 6.61 Å². The number of hydrogen-bond acceptors (Lipinski definition) is 4. The maximum atomic E-state index is 12.3. The maximum Gasteiger partial charge on any atom is 0.334 e.